The number of carbonyl (C=O) groups excluding carboxylic acids is 1. The molecule has 1 aromatic heterocycles. The van der Waals surface area contributed by atoms with Crippen molar-refractivity contribution in [1.29, 1.82) is 0 Å². The molecule has 2 aromatic rings. The number of methoxy groups -OCH3 is 1. The number of nitrogens with zero attached hydrogens (tertiary/aromatic N) is 3. The molecule has 10 heteroatoms. The fourth-order valence-corrected chi connectivity index (χ4v) is 4.46. The van der Waals surface area contributed by atoms with E-state index in [0.717, 1.165) is 4.31 Å². The number of benzene rings is 1. The van der Waals surface area contributed by atoms with Gasteiger partial charge in [0.15, 0.2) is 0 Å². The van der Waals surface area contributed by atoms with Gasteiger partial charge in [0.2, 0.25) is 10.0 Å². The molecule has 0 N–H and O–H groups in total. The Labute approximate surface area is 181 Å². The Morgan fingerprint density at radius 3 is 2.29 bits per heavy atom. The van der Waals surface area contributed by atoms with Gasteiger partial charge in [0, 0.05) is 18.8 Å². The van der Waals surface area contributed by atoms with E-state index in [0.29, 0.717) is 17.2 Å². The SMILES string of the molecule is COC(=O)[C@H]1C/C(=N/OC(C)(C)C)CN1S(=O)(=O)c1ccc(Oc2ccncc2)cc1. The van der Waals surface area contributed by atoms with Crippen LogP contribution in [0.1, 0.15) is 27.2 Å². The van der Waals surface area contributed by atoms with Crippen molar-refractivity contribution < 1.29 is 27.5 Å². The molecule has 0 bridgehead atoms. The van der Waals surface area contributed by atoms with Crippen molar-refractivity contribution in [2.75, 3.05) is 13.7 Å². The Morgan fingerprint density at radius 1 is 1.10 bits per heavy atom. The molecule has 0 radical (unpaired) electrons. The number of sulfonamides is 1. The first-order valence-corrected chi connectivity index (χ1v) is 11.1. The van der Waals surface area contributed by atoms with Crippen LogP contribution in [0.25, 0.3) is 0 Å². The lowest BCUT2D eigenvalue weighted by Gasteiger charge is -2.21. The Morgan fingerprint density at radius 2 is 1.71 bits per heavy atom. The molecule has 0 unspecified atom stereocenters. The third kappa shape index (κ3) is 5.59. The minimum absolute atomic E-state index is 0.0291. The number of hydrogen-bond acceptors (Lipinski definition) is 8. The van der Waals surface area contributed by atoms with Crippen LogP contribution in [0.5, 0.6) is 11.5 Å². The zero-order valence-corrected chi connectivity index (χ0v) is 18.6. The van der Waals surface area contributed by atoms with E-state index in [1.54, 1.807) is 36.7 Å². The van der Waals surface area contributed by atoms with Gasteiger partial charge in [0.1, 0.15) is 23.1 Å². The summed E-state index contributed by atoms with van der Waals surface area (Å²) in [6, 6.07) is 8.34. The third-order valence-corrected chi connectivity index (χ3v) is 6.22. The van der Waals surface area contributed by atoms with Crippen LogP contribution in [0.15, 0.2) is 58.8 Å². The summed E-state index contributed by atoms with van der Waals surface area (Å²) in [4.78, 5) is 21.6. The summed E-state index contributed by atoms with van der Waals surface area (Å²) in [5.41, 5.74) is -0.0865. The van der Waals surface area contributed by atoms with Crippen LogP contribution in [-0.2, 0) is 24.4 Å². The van der Waals surface area contributed by atoms with Crippen molar-refractivity contribution in [3.8, 4) is 11.5 Å². The standard InChI is InChI=1S/C21H25N3O6S/c1-21(2,3)30-23-15-13-19(20(25)28-4)24(14-15)31(26,27)18-7-5-16(6-8-18)29-17-9-11-22-12-10-17/h5-12,19H,13-14H2,1-4H3/b23-15-/t19-/m1/s1. The second kappa shape index (κ2) is 9.03. The number of ether oxygens (including phenoxy) is 2. The minimum Gasteiger partial charge on any atom is -0.468 e. The van der Waals surface area contributed by atoms with Crippen LogP contribution in [0.2, 0.25) is 0 Å². The molecule has 1 aliphatic heterocycles. The van der Waals surface area contributed by atoms with E-state index in [4.69, 9.17) is 14.3 Å². The number of hydrogen-bond donors (Lipinski definition) is 0. The van der Waals surface area contributed by atoms with Crippen LogP contribution in [0, 0.1) is 0 Å². The van der Waals surface area contributed by atoms with Gasteiger partial charge in [0.05, 0.1) is 24.3 Å². The van der Waals surface area contributed by atoms with Gasteiger partial charge in [-0.3, -0.25) is 9.78 Å². The molecule has 1 fully saturated rings. The molecule has 1 aliphatic rings. The van der Waals surface area contributed by atoms with Crippen molar-refractivity contribution in [3.05, 3.63) is 48.8 Å². The molecule has 0 spiro atoms. The predicted octanol–water partition coefficient (Wildman–Crippen LogP) is 2.98. The normalized spacial score (nSPS) is 18.7. The average Bonchev–Trinajstić information content (AvgIpc) is 3.18. The number of pyridine rings is 1. The van der Waals surface area contributed by atoms with Gasteiger partial charge in [-0.15, -0.1) is 0 Å². The molecule has 3 rings (SSSR count). The molecule has 1 aromatic carbocycles. The fraction of sp³-hybridized carbons (Fsp3) is 0.381. The first-order valence-electron chi connectivity index (χ1n) is 9.62. The Balaban J connectivity index is 1.83. The Hall–Kier alpha value is -2.98. The van der Waals surface area contributed by atoms with E-state index in [1.165, 1.54) is 19.2 Å². The van der Waals surface area contributed by atoms with Crippen molar-refractivity contribution in [2.45, 2.75) is 43.7 Å². The number of rotatable bonds is 6. The molecule has 31 heavy (non-hydrogen) atoms. The molecule has 0 aliphatic carbocycles. The first-order chi connectivity index (χ1) is 14.6. The summed E-state index contributed by atoms with van der Waals surface area (Å²) < 4.78 is 38.1. The number of esters is 1. The number of oxime groups is 1. The zero-order chi connectivity index (χ0) is 22.6. The van der Waals surface area contributed by atoms with Crippen molar-refractivity contribution >= 4 is 21.7 Å². The van der Waals surface area contributed by atoms with Gasteiger partial charge in [0.25, 0.3) is 0 Å². The monoisotopic (exact) mass is 447 g/mol. The third-order valence-electron chi connectivity index (χ3n) is 4.35. The second-order valence-corrected chi connectivity index (χ2v) is 9.80. The minimum atomic E-state index is -3.99. The van der Waals surface area contributed by atoms with Gasteiger partial charge in [-0.25, -0.2) is 8.42 Å². The Bertz CT molecular complexity index is 1050. The van der Waals surface area contributed by atoms with E-state index in [1.807, 2.05) is 20.8 Å². The van der Waals surface area contributed by atoms with Crippen molar-refractivity contribution in [1.82, 2.24) is 9.29 Å². The summed E-state index contributed by atoms with van der Waals surface area (Å²) in [5.74, 6) is 0.398. The average molecular weight is 448 g/mol. The van der Waals surface area contributed by atoms with Crippen molar-refractivity contribution in [3.63, 3.8) is 0 Å². The highest BCUT2D eigenvalue weighted by molar-refractivity contribution is 7.89. The zero-order valence-electron chi connectivity index (χ0n) is 17.8. The van der Waals surface area contributed by atoms with Gasteiger partial charge in [-0.2, -0.15) is 4.31 Å². The van der Waals surface area contributed by atoms with Crippen molar-refractivity contribution in [2.24, 2.45) is 5.16 Å². The molecule has 0 saturated carbocycles. The highest BCUT2D eigenvalue weighted by Gasteiger charge is 2.43. The molecule has 2 heterocycles. The first kappa shape index (κ1) is 22.7. The summed E-state index contributed by atoms with van der Waals surface area (Å²) >= 11 is 0. The molecule has 1 atom stereocenters. The van der Waals surface area contributed by atoms with E-state index in [2.05, 4.69) is 10.1 Å². The van der Waals surface area contributed by atoms with Gasteiger partial charge in [-0.1, -0.05) is 5.16 Å². The molecule has 166 valence electrons. The maximum atomic E-state index is 13.3. The van der Waals surface area contributed by atoms with E-state index >= 15 is 0 Å². The maximum absolute atomic E-state index is 13.3. The highest BCUT2D eigenvalue weighted by Crippen LogP contribution is 2.28. The number of carbonyl (C=O) groups is 1. The summed E-state index contributed by atoms with van der Waals surface area (Å²) in [7, 11) is -2.77. The van der Waals surface area contributed by atoms with Crippen LogP contribution in [0.4, 0.5) is 0 Å². The molecule has 0 amide bonds. The smallest absolute Gasteiger partial charge is 0.324 e. The Kier molecular flexibility index (Phi) is 6.61. The quantitative estimate of drug-likeness (QED) is 0.495. The van der Waals surface area contributed by atoms with Gasteiger partial charge < -0.3 is 14.3 Å². The van der Waals surface area contributed by atoms with E-state index in [9.17, 15) is 13.2 Å². The molecule has 9 nitrogen and oxygen atoms in total. The predicted molar refractivity (Wildman–Crippen MR) is 113 cm³/mol. The summed E-state index contributed by atoms with van der Waals surface area (Å²) in [6.45, 7) is 5.42. The van der Waals surface area contributed by atoms with Crippen LogP contribution < -0.4 is 4.74 Å². The van der Waals surface area contributed by atoms with E-state index < -0.39 is 27.6 Å². The maximum Gasteiger partial charge on any atom is 0.324 e. The second-order valence-electron chi connectivity index (χ2n) is 7.91. The fourth-order valence-electron chi connectivity index (χ4n) is 2.89. The van der Waals surface area contributed by atoms with Gasteiger partial charge >= 0.3 is 5.97 Å². The van der Waals surface area contributed by atoms with Crippen LogP contribution >= 0.6 is 0 Å². The highest BCUT2D eigenvalue weighted by atomic mass is 32.2. The molecular weight excluding hydrogens is 422 g/mol. The lowest BCUT2D eigenvalue weighted by Crippen LogP contribution is -2.41. The summed E-state index contributed by atoms with van der Waals surface area (Å²) in [5, 5.41) is 4.06. The lowest BCUT2D eigenvalue weighted by molar-refractivity contribution is -0.144. The summed E-state index contributed by atoms with van der Waals surface area (Å²) in [6.07, 6.45) is 3.29. The van der Waals surface area contributed by atoms with Crippen LogP contribution in [-0.4, -0.2) is 54.7 Å². The largest absolute Gasteiger partial charge is 0.468 e. The lowest BCUT2D eigenvalue weighted by atomic mass is 10.2. The molecule has 1 saturated heterocycles. The van der Waals surface area contributed by atoms with Gasteiger partial charge in [-0.05, 0) is 57.2 Å². The topological polar surface area (TPSA) is 107 Å². The molecular formula is C21H25N3O6S. The van der Waals surface area contributed by atoms with E-state index in [-0.39, 0.29) is 17.9 Å². The van der Waals surface area contributed by atoms with Crippen LogP contribution in [0.3, 0.4) is 0 Å². The number of aromatic nitrogens is 1.